The molecule has 4 nitrogen and oxygen atoms in total. The van der Waals surface area contributed by atoms with Gasteiger partial charge in [-0.3, -0.25) is 4.98 Å². The maximum absolute atomic E-state index is 5.85. The fourth-order valence-corrected chi connectivity index (χ4v) is 2.46. The zero-order valence-corrected chi connectivity index (χ0v) is 13.1. The molecule has 0 spiro atoms. The van der Waals surface area contributed by atoms with Gasteiger partial charge in [0.25, 0.3) is 0 Å². The van der Waals surface area contributed by atoms with Gasteiger partial charge in [-0.1, -0.05) is 12.1 Å². The standard InChI is InChI=1S/C17H24N4/c1-4-21(12-16-7-5-6-8-19-16)17-13(2)9-15(11-20-17)10-14(3)18/h5-9,11,14H,4,10,12,18H2,1-3H3. The van der Waals surface area contributed by atoms with Crippen LogP contribution in [0.5, 0.6) is 0 Å². The first-order chi connectivity index (χ1) is 10.1. The molecule has 0 saturated carbocycles. The lowest BCUT2D eigenvalue weighted by Crippen LogP contribution is -2.25. The molecule has 1 unspecified atom stereocenters. The van der Waals surface area contributed by atoms with Gasteiger partial charge in [0.1, 0.15) is 5.82 Å². The number of aromatic nitrogens is 2. The van der Waals surface area contributed by atoms with E-state index >= 15 is 0 Å². The molecule has 2 heterocycles. The van der Waals surface area contributed by atoms with E-state index < -0.39 is 0 Å². The van der Waals surface area contributed by atoms with Gasteiger partial charge in [0.15, 0.2) is 0 Å². The maximum atomic E-state index is 5.85. The van der Waals surface area contributed by atoms with Crippen LogP contribution in [0, 0.1) is 6.92 Å². The molecule has 0 fully saturated rings. The Morgan fingerprint density at radius 2 is 2.10 bits per heavy atom. The minimum Gasteiger partial charge on any atom is -0.351 e. The number of pyridine rings is 2. The number of rotatable bonds is 6. The number of anilines is 1. The Morgan fingerprint density at radius 1 is 1.29 bits per heavy atom. The molecule has 0 aliphatic carbocycles. The highest BCUT2D eigenvalue weighted by molar-refractivity contribution is 5.47. The Balaban J connectivity index is 2.18. The van der Waals surface area contributed by atoms with E-state index in [1.165, 1.54) is 11.1 Å². The zero-order chi connectivity index (χ0) is 15.2. The van der Waals surface area contributed by atoms with Gasteiger partial charge < -0.3 is 10.6 Å². The van der Waals surface area contributed by atoms with Crippen LogP contribution in [0.1, 0.15) is 30.7 Å². The molecule has 0 aliphatic heterocycles. The molecule has 1 atom stereocenters. The first kappa shape index (κ1) is 15.4. The van der Waals surface area contributed by atoms with E-state index in [0.29, 0.717) is 0 Å². The zero-order valence-electron chi connectivity index (χ0n) is 13.1. The lowest BCUT2D eigenvalue weighted by Gasteiger charge is -2.23. The molecule has 0 saturated heterocycles. The van der Waals surface area contributed by atoms with E-state index in [0.717, 1.165) is 31.0 Å². The van der Waals surface area contributed by atoms with E-state index in [1.54, 1.807) is 0 Å². The van der Waals surface area contributed by atoms with Crippen molar-refractivity contribution in [3.63, 3.8) is 0 Å². The summed E-state index contributed by atoms with van der Waals surface area (Å²) in [5, 5.41) is 0. The normalized spacial score (nSPS) is 12.2. The molecule has 0 aliphatic rings. The Morgan fingerprint density at radius 3 is 2.67 bits per heavy atom. The highest BCUT2D eigenvalue weighted by Crippen LogP contribution is 2.20. The van der Waals surface area contributed by atoms with Crippen LogP contribution >= 0.6 is 0 Å². The Bertz CT molecular complexity index is 566. The third-order valence-corrected chi connectivity index (χ3v) is 3.43. The summed E-state index contributed by atoms with van der Waals surface area (Å²) < 4.78 is 0. The topological polar surface area (TPSA) is 55.0 Å². The van der Waals surface area contributed by atoms with Crippen LogP contribution in [-0.2, 0) is 13.0 Å². The van der Waals surface area contributed by atoms with E-state index in [-0.39, 0.29) is 6.04 Å². The van der Waals surface area contributed by atoms with Gasteiger partial charge in [0.05, 0.1) is 12.2 Å². The van der Waals surface area contributed by atoms with E-state index in [4.69, 9.17) is 5.73 Å². The summed E-state index contributed by atoms with van der Waals surface area (Å²) >= 11 is 0. The summed E-state index contributed by atoms with van der Waals surface area (Å²) in [6.45, 7) is 7.94. The van der Waals surface area contributed by atoms with Crippen molar-refractivity contribution in [2.24, 2.45) is 5.73 Å². The number of aryl methyl sites for hydroxylation is 1. The molecule has 2 rings (SSSR count). The van der Waals surface area contributed by atoms with Crippen LogP contribution in [0.25, 0.3) is 0 Å². The average Bonchev–Trinajstić information content (AvgIpc) is 2.46. The number of hydrogen-bond acceptors (Lipinski definition) is 4. The molecule has 112 valence electrons. The Kier molecular flexibility index (Phi) is 5.28. The highest BCUT2D eigenvalue weighted by Gasteiger charge is 2.11. The Hall–Kier alpha value is -1.94. The largest absolute Gasteiger partial charge is 0.351 e. The van der Waals surface area contributed by atoms with Gasteiger partial charge in [-0.25, -0.2) is 4.98 Å². The van der Waals surface area contributed by atoms with Crippen LogP contribution in [0.3, 0.4) is 0 Å². The number of nitrogens with zero attached hydrogens (tertiary/aromatic N) is 3. The van der Waals surface area contributed by atoms with Gasteiger partial charge in [-0.05, 0) is 50.5 Å². The van der Waals surface area contributed by atoms with Crippen LogP contribution < -0.4 is 10.6 Å². The summed E-state index contributed by atoms with van der Waals surface area (Å²) in [6, 6.07) is 8.34. The van der Waals surface area contributed by atoms with Crippen molar-refractivity contribution in [2.75, 3.05) is 11.4 Å². The first-order valence-corrected chi connectivity index (χ1v) is 7.46. The monoisotopic (exact) mass is 284 g/mol. The van der Waals surface area contributed by atoms with Crippen LogP contribution in [0.15, 0.2) is 36.7 Å². The van der Waals surface area contributed by atoms with Crippen molar-refractivity contribution >= 4 is 5.82 Å². The van der Waals surface area contributed by atoms with Gasteiger partial charge in [0, 0.05) is 25.0 Å². The predicted molar refractivity (Wildman–Crippen MR) is 87.3 cm³/mol. The summed E-state index contributed by atoms with van der Waals surface area (Å²) in [5.74, 6) is 1.02. The number of nitrogens with two attached hydrogens (primary N) is 1. The minimum atomic E-state index is 0.160. The quantitative estimate of drug-likeness (QED) is 0.886. The molecule has 21 heavy (non-hydrogen) atoms. The van der Waals surface area contributed by atoms with Gasteiger partial charge in [0.2, 0.25) is 0 Å². The van der Waals surface area contributed by atoms with Crippen molar-refractivity contribution < 1.29 is 0 Å². The second kappa shape index (κ2) is 7.18. The van der Waals surface area contributed by atoms with Gasteiger partial charge >= 0.3 is 0 Å². The molecule has 0 aromatic carbocycles. The Labute approximate surface area is 127 Å². The third-order valence-electron chi connectivity index (χ3n) is 3.43. The first-order valence-electron chi connectivity index (χ1n) is 7.46. The molecule has 2 N–H and O–H groups in total. The van der Waals surface area contributed by atoms with E-state index in [1.807, 2.05) is 37.5 Å². The number of hydrogen-bond donors (Lipinski definition) is 1. The van der Waals surface area contributed by atoms with Crippen molar-refractivity contribution in [3.8, 4) is 0 Å². The summed E-state index contributed by atoms with van der Waals surface area (Å²) in [7, 11) is 0. The summed E-state index contributed by atoms with van der Waals surface area (Å²) in [4.78, 5) is 11.3. The molecule has 0 bridgehead atoms. The second-order valence-corrected chi connectivity index (χ2v) is 5.50. The summed E-state index contributed by atoms with van der Waals surface area (Å²) in [6.07, 6.45) is 4.63. The van der Waals surface area contributed by atoms with Crippen LogP contribution in [0.4, 0.5) is 5.82 Å². The molecule has 0 radical (unpaired) electrons. The van der Waals surface area contributed by atoms with Crippen molar-refractivity contribution in [1.29, 1.82) is 0 Å². The molecular weight excluding hydrogens is 260 g/mol. The molecule has 0 amide bonds. The summed E-state index contributed by atoms with van der Waals surface area (Å²) in [5.41, 5.74) is 9.29. The molecular formula is C17H24N4. The van der Waals surface area contributed by atoms with E-state index in [2.05, 4.69) is 34.8 Å². The molecule has 2 aromatic rings. The second-order valence-electron chi connectivity index (χ2n) is 5.50. The van der Waals surface area contributed by atoms with E-state index in [9.17, 15) is 0 Å². The van der Waals surface area contributed by atoms with Crippen LogP contribution in [-0.4, -0.2) is 22.6 Å². The molecule has 2 aromatic heterocycles. The third kappa shape index (κ3) is 4.26. The smallest absolute Gasteiger partial charge is 0.131 e. The lowest BCUT2D eigenvalue weighted by atomic mass is 10.1. The van der Waals surface area contributed by atoms with Crippen molar-refractivity contribution in [3.05, 3.63) is 53.5 Å². The van der Waals surface area contributed by atoms with Gasteiger partial charge in [-0.2, -0.15) is 0 Å². The lowest BCUT2D eigenvalue weighted by molar-refractivity contribution is 0.732. The van der Waals surface area contributed by atoms with Crippen molar-refractivity contribution in [2.45, 2.75) is 39.8 Å². The average molecular weight is 284 g/mol. The minimum absolute atomic E-state index is 0.160. The van der Waals surface area contributed by atoms with Gasteiger partial charge in [-0.15, -0.1) is 0 Å². The predicted octanol–water partition coefficient (Wildman–Crippen LogP) is 2.70. The van der Waals surface area contributed by atoms with Crippen molar-refractivity contribution in [1.82, 2.24) is 9.97 Å². The SMILES string of the molecule is CCN(Cc1ccccn1)c1ncc(CC(C)N)cc1C. The molecule has 4 heteroatoms. The van der Waals surface area contributed by atoms with Crippen LogP contribution in [0.2, 0.25) is 0 Å². The maximum Gasteiger partial charge on any atom is 0.131 e. The fourth-order valence-electron chi connectivity index (χ4n) is 2.46. The highest BCUT2D eigenvalue weighted by atomic mass is 15.2. The fraction of sp³-hybridized carbons (Fsp3) is 0.412.